The molecule has 4 rings (SSSR count). The van der Waals surface area contributed by atoms with Gasteiger partial charge >= 0.3 is 0 Å². The zero-order valence-electron chi connectivity index (χ0n) is 16.6. The summed E-state index contributed by atoms with van der Waals surface area (Å²) in [5, 5.41) is 21.6. The van der Waals surface area contributed by atoms with Crippen LogP contribution in [0.3, 0.4) is 0 Å². The Kier molecular flexibility index (Phi) is 5.52. The van der Waals surface area contributed by atoms with Crippen LogP contribution in [-0.4, -0.2) is 23.3 Å². The number of methoxy groups -OCH3 is 1. The molecule has 0 saturated carbocycles. The molecule has 0 atom stereocenters. The SMILES string of the molecule is COc1ccc(-c2[nH]c(=S)c(C#N)c(-c3ccccc3[N+](=O)[O-])c2C2OC(C)O2)cc1. The predicted molar refractivity (Wildman–Crippen MR) is 115 cm³/mol. The van der Waals surface area contributed by atoms with E-state index in [-0.39, 0.29) is 21.5 Å². The second-order valence-corrected chi connectivity index (χ2v) is 7.19. The molecule has 9 heteroatoms. The van der Waals surface area contributed by atoms with Gasteiger partial charge < -0.3 is 19.2 Å². The summed E-state index contributed by atoms with van der Waals surface area (Å²) in [6.45, 7) is 1.74. The highest BCUT2D eigenvalue weighted by Gasteiger charge is 2.36. The van der Waals surface area contributed by atoms with E-state index in [1.807, 2.05) is 12.1 Å². The van der Waals surface area contributed by atoms with E-state index in [9.17, 15) is 15.4 Å². The largest absolute Gasteiger partial charge is 0.497 e. The van der Waals surface area contributed by atoms with E-state index in [1.54, 1.807) is 44.4 Å². The molecule has 0 bridgehead atoms. The average Bonchev–Trinajstić information content (AvgIpc) is 2.76. The molecule has 1 aliphatic rings. The normalized spacial score (nSPS) is 17.5. The summed E-state index contributed by atoms with van der Waals surface area (Å²) >= 11 is 5.45. The van der Waals surface area contributed by atoms with Gasteiger partial charge in [0.25, 0.3) is 5.69 Å². The Bertz CT molecular complexity index is 1260. The molecule has 1 fully saturated rings. The van der Waals surface area contributed by atoms with Gasteiger partial charge in [0.05, 0.1) is 28.9 Å². The van der Waals surface area contributed by atoms with Gasteiger partial charge in [-0.3, -0.25) is 10.1 Å². The highest BCUT2D eigenvalue weighted by atomic mass is 32.1. The minimum Gasteiger partial charge on any atom is -0.497 e. The number of para-hydroxylation sites is 1. The summed E-state index contributed by atoms with van der Waals surface area (Å²) in [4.78, 5) is 14.3. The lowest BCUT2D eigenvalue weighted by molar-refractivity contribution is -0.384. The smallest absolute Gasteiger partial charge is 0.277 e. The fraction of sp³-hybridized carbons (Fsp3) is 0.182. The minimum absolute atomic E-state index is 0.114. The average molecular weight is 435 g/mol. The number of benzene rings is 2. The van der Waals surface area contributed by atoms with Gasteiger partial charge in [0.2, 0.25) is 0 Å². The zero-order chi connectivity index (χ0) is 22.1. The minimum atomic E-state index is -0.819. The van der Waals surface area contributed by atoms with Crippen molar-refractivity contribution < 1.29 is 19.1 Å². The van der Waals surface area contributed by atoms with Gasteiger partial charge in [-0.05, 0) is 42.8 Å². The third kappa shape index (κ3) is 3.68. The number of H-pyrrole nitrogens is 1. The van der Waals surface area contributed by atoms with Crippen LogP contribution in [0.25, 0.3) is 22.4 Å². The highest BCUT2D eigenvalue weighted by molar-refractivity contribution is 7.71. The van der Waals surface area contributed by atoms with Crippen LogP contribution in [0, 0.1) is 26.1 Å². The Hall–Kier alpha value is -3.58. The zero-order valence-corrected chi connectivity index (χ0v) is 17.4. The Morgan fingerprint density at radius 2 is 1.87 bits per heavy atom. The van der Waals surface area contributed by atoms with Crippen molar-refractivity contribution in [3.63, 3.8) is 0 Å². The van der Waals surface area contributed by atoms with Crippen LogP contribution in [-0.2, 0) is 9.47 Å². The van der Waals surface area contributed by atoms with E-state index in [0.717, 1.165) is 5.56 Å². The number of nitro benzene ring substituents is 1. The number of aromatic amines is 1. The molecule has 156 valence electrons. The maximum absolute atomic E-state index is 11.7. The maximum Gasteiger partial charge on any atom is 0.277 e. The molecule has 0 unspecified atom stereocenters. The highest BCUT2D eigenvalue weighted by Crippen LogP contribution is 2.46. The van der Waals surface area contributed by atoms with Crippen molar-refractivity contribution in [3.8, 4) is 34.2 Å². The number of nitrogens with zero attached hydrogens (tertiary/aromatic N) is 2. The van der Waals surface area contributed by atoms with Crippen molar-refractivity contribution in [2.24, 2.45) is 0 Å². The van der Waals surface area contributed by atoms with E-state index in [0.29, 0.717) is 22.6 Å². The van der Waals surface area contributed by atoms with Crippen molar-refractivity contribution in [2.45, 2.75) is 19.5 Å². The molecule has 1 N–H and O–H groups in total. The summed E-state index contributed by atoms with van der Waals surface area (Å²) in [7, 11) is 1.57. The molecule has 31 heavy (non-hydrogen) atoms. The number of nitriles is 1. The van der Waals surface area contributed by atoms with Gasteiger partial charge in [0.1, 0.15) is 16.5 Å². The van der Waals surface area contributed by atoms with Crippen LogP contribution < -0.4 is 4.74 Å². The molecular weight excluding hydrogens is 418 g/mol. The lowest BCUT2D eigenvalue weighted by Crippen LogP contribution is -2.32. The first-order chi connectivity index (χ1) is 14.9. The molecule has 0 spiro atoms. The van der Waals surface area contributed by atoms with Crippen LogP contribution in [0.4, 0.5) is 5.69 Å². The molecule has 1 aliphatic heterocycles. The Morgan fingerprint density at radius 3 is 2.45 bits per heavy atom. The molecule has 1 aromatic heterocycles. The van der Waals surface area contributed by atoms with Gasteiger partial charge in [0, 0.05) is 17.2 Å². The number of rotatable bonds is 5. The van der Waals surface area contributed by atoms with Gasteiger partial charge in [0.15, 0.2) is 12.6 Å². The van der Waals surface area contributed by atoms with E-state index in [1.165, 1.54) is 6.07 Å². The van der Waals surface area contributed by atoms with Crippen molar-refractivity contribution in [2.75, 3.05) is 7.11 Å². The third-order valence-corrected chi connectivity index (χ3v) is 5.29. The molecule has 1 saturated heterocycles. The number of nitro groups is 1. The predicted octanol–water partition coefficient (Wildman–Crippen LogP) is 5.26. The van der Waals surface area contributed by atoms with Crippen molar-refractivity contribution in [1.29, 1.82) is 5.26 Å². The lowest BCUT2D eigenvalue weighted by atomic mass is 9.91. The second kappa shape index (κ2) is 8.28. The molecular formula is C22H17N3O5S. The third-order valence-electron chi connectivity index (χ3n) is 4.98. The summed E-state index contributed by atoms with van der Waals surface area (Å²) in [5.41, 5.74) is 2.32. The fourth-order valence-corrected chi connectivity index (χ4v) is 3.81. The number of hydrogen-bond acceptors (Lipinski definition) is 7. The molecule has 2 heterocycles. The maximum atomic E-state index is 11.7. The van der Waals surface area contributed by atoms with E-state index in [2.05, 4.69) is 11.1 Å². The summed E-state index contributed by atoms with van der Waals surface area (Å²) in [6, 6.07) is 15.5. The molecule has 8 nitrogen and oxygen atoms in total. The standard InChI is InChI=1S/C22H17N3O5S/c1-12-29-22(30-12)19-18(15-5-3-4-6-17(15)25(26)27)16(11-23)21(31)24-20(19)13-7-9-14(28-2)10-8-13/h3-10,12,22H,1-2H3,(H,24,31). The number of hydrogen-bond donors (Lipinski definition) is 1. The Balaban J connectivity index is 2.08. The molecule has 0 amide bonds. The van der Waals surface area contributed by atoms with E-state index < -0.39 is 17.5 Å². The number of nitrogens with one attached hydrogen (secondary N) is 1. The fourth-order valence-electron chi connectivity index (χ4n) is 3.56. The van der Waals surface area contributed by atoms with Gasteiger partial charge in [-0.1, -0.05) is 24.4 Å². The van der Waals surface area contributed by atoms with Crippen molar-refractivity contribution in [1.82, 2.24) is 4.98 Å². The summed E-state index contributed by atoms with van der Waals surface area (Å²) in [6.07, 6.45) is -1.26. The van der Waals surface area contributed by atoms with E-state index >= 15 is 0 Å². The topological polar surface area (TPSA) is 110 Å². The molecule has 0 aliphatic carbocycles. The second-order valence-electron chi connectivity index (χ2n) is 6.78. The Labute approximate surface area is 182 Å². The molecule has 0 radical (unpaired) electrons. The lowest BCUT2D eigenvalue weighted by Gasteiger charge is -2.36. The van der Waals surface area contributed by atoms with Crippen molar-refractivity contribution >= 4 is 17.9 Å². The number of aromatic nitrogens is 1. The molecule has 2 aromatic carbocycles. The van der Waals surface area contributed by atoms with Crippen LogP contribution >= 0.6 is 12.2 Å². The first-order valence-corrected chi connectivity index (χ1v) is 9.74. The van der Waals surface area contributed by atoms with Crippen LogP contribution in [0.2, 0.25) is 0 Å². The monoisotopic (exact) mass is 435 g/mol. The summed E-state index contributed by atoms with van der Waals surface area (Å²) in [5.74, 6) is 0.668. The van der Waals surface area contributed by atoms with Crippen molar-refractivity contribution in [3.05, 3.63) is 74.4 Å². The van der Waals surface area contributed by atoms with Crippen LogP contribution in [0.1, 0.15) is 24.3 Å². The quantitative estimate of drug-likeness (QED) is 0.331. The number of ether oxygens (including phenoxy) is 3. The Morgan fingerprint density at radius 1 is 1.19 bits per heavy atom. The van der Waals surface area contributed by atoms with Gasteiger partial charge in [-0.15, -0.1) is 0 Å². The number of pyridine rings is 1. The van der Waals surface area contributed by atoms with Gasteiger partial charge in [-0.25, -0.2) is 0 Å². The van der Waals surface area contributed by atoms with Crippen LogP contribution in [0.5, 0.6) is 5.75 Å². The first kappa shape index (κ1) is 20.7. The van der Waals surface area contributed by atoms with E-state index in [4.69, 9.17) is 26.4 Å². The van der Waals surface area contributed by atoms with Crippen LogP contribution in [0.15, 0.2) is 48.5 Å². The first-order valence-electron chi connectivity index (χ1n) is 9.34. The van der Waals surface area contributed by atoms with Gasteiger partial charge in [-0.2, -0.15) is 5.26 Å². The summed E-state index contributed by atoms with van der Waals surface area (Å²) < 4.78 is 16.9. The molecule has 3 aromatic rings.